The summed E-state index contributed by atoms with van der Waals surface area (Å²) in [6.07, 6.45) is 0.633. The van der Waals surface area contributed by atoms with Gasteiger partial charge in [-0.3, -0.25) is 0 Å². The Labute approximate surface area is 200 Å². The minimum atomic E-state index is 0. The summed E-state index contributed by atoms with van der Waals surface area (Å²) in [6, 6.07) is 18.0. The van der Waals surface area contributed by atoms with Crippen molar-refractivity contribution in [3.63, 3.8) is 0 Å². The predicted octanol–water partition coefficient (Wildman–Crippen LogP) is 6.05. The first kappa shape index (κ1) is 24.1. The third kappa shape index (κ3) is 5.80. The summed E-state index contributed by atoms with van der Waals surface area (Å²) in [5.41, 5.74) is 5.93. The topological polar surface area (TPSA) is 62.8 Å². The average molecular weight is 471 g/mol. The highest BCUT2D eigenvalue weighted by atomic mass is 35.5. The van der Waals surface area contributed by atoms with Crippen molar-refractivity contribution < 1.29 is 4.74 Å². The van der Waals surface area contributed by atoms with Crippen molar-refractivity contribution in [2.75, 3.05) is 13.7 Å². The molecule has 0 saturated heterocycles. The molecule has 4 aromatic rings. The van der Waals surface area contributed by atoms with Crippen LogP contribution in [0.15, 0.2) is 54.6 Å². The van der Waals surface area contributed by atoms with Crippen LogP contribution in [0.4, 0.5) is 0 Å². The number of ether oxygens (including phenoxy) is 1. The lowest BCUT2D eigenvalue weighted by Gasteiger charge is -2.13. The van der Waals surface area contributed by atoms with E-state index in [9.17, 15) is 0 Å². The van der Waals surface area contributed by atoms with Crippen molar-refractivity contribution >= 4 is 35.0 Å². The molecule has 168 valence electrons. The zero-order valence-electron chi connectivity index (χ0n) is 18.5. The molecule has 0 fully saturated rings. The molecule has 7 heteroatoms. The Hall–Kier alpha value is -2.60. The molecule has 0 spiro atoms. The maximum atomic E-state index is 6.26. The smallest absolute Gasteiger partial charge is 0.157 e. The molecule has 0 radical (unpaired) electrons. The lowest BCUT2D eigenvalue weighted by molar-refractivity contribution is 0.269. The highest BCUT2D eigenvalue weighted by Gasteiger charge is 2.11. The van der Waals surface area contributed by atoms with Gasteiger partial charge in [-0.25, -0.2) is 9.97 Å². The van der Waals surface area contributed by atoms with Gasteiger partial charge in [-0.05, 0) is 61.0 Å². The van der Waals surface area contributed by atoms with E-state index in [4.69, 9.17) is 26.3 Å². The molecule has 0 amide bonds. The number of pyridine rings is 1. The molecule has 0 atom stereocenters. The fraction of sp³-hybridized carbons (Fsp3) is 0.280. The van der Waals surface area contributed by atoms with Crippen LogP contribution in [0.1, 0.15) is 30.7 Å². The molecule has 2 aromatic heterocycles. The molecule has 0 bridgehead atoms. The molecule has 32 heavy (non-hydrogen) atoms. The third-order valence-corrected chi connectivity index (χ3v) is 5.18. The van der Waals surface area contributed by atoms with Gasteiger partial charge in [0.25, 0.3) is 0 Å². The highest BCUT2D eigenvalue weighted by molar-refractivity contribution is 6.30. The standard InChI is InChI=1S/C25H27ClN4O.ClH/c1-16(2)15-31-24-10-8-19(26)12-18(24)13-20-5-4-6-22(28-20)25-29-21-9-7-17(14-27-3)11-23(21)30-25;/h4-12,16,27H,13-15H2,1-3H3,(H,29,30);1H. The van der Waals surface area contributed by atoms with Crippen molar-refractivity contribution in [2.45, 2.75) is 26.8 Å². The van der Waals surface area contributed by atoms with Gasteiger partial charge in [0, 0.05) is 29.2 Å². The van der Waals surface area contributed by atoms with Gasteiger partial charge in [0.2, 0.25) is 0 Å². The molecular formula is C25H28Cl2N4O. The van der Waals surface area contributed by atoms with Gasteiger partial charge in [0.05, 0.1) is 17.6 Å². The normalized spacial score (nSPS) is 11.0. The summed E-state index contributed by atoms with van der Waals surface area (Å²) < 4.78 is 6.00. The van der Waals surface area contributed by atoms with E-state index in [1.54, 1.807) is 0 Å². The van der Waals surface area contributed by atoms with Crippen LogP contribution in [-0.4, -0.2) is 28.6 Å². The first-order valence-corrected chi connectivity index (χ1v) is 10.9. The van der Waals surface area contributed by atoms with E-state index in [0.717, 1.165) is 46.1 Å². The monoisotopic (exact) mass is 470 g/mol. The van der Waals surface area contributed by atoms with Crippen molar-refractivity contribution in [2.24, 2.45) is 5.92 Å². The Morgan fingerprint density at radius 3 is 2.69 bits per heavy atom. The summed E-state index contributed by atoms with van der Waals surface area (Å²) in [7, 11) is 1.94. The first-order chi connectivity index (χ1) is 15.0. The van der Waals surface area contributed by atoms with Gasteiger partial charge in [-0.1, -0.05) is 37.6 Å². The number of benzene rings is 2. The minimum Gasteiger partial charge on any atom is -0.493 e. The largest absolute Gasteiger partial charge is 0.493 e. The van der Waals surface area contributed by atoms with Crippen LogP contribution in [0.25, 0.3) is 22.6 Å². The SMILES string of the molecule is CNCc1ccc2nc(-c3cccc(Cc4cc(Cl)ccc4OCC(C)C)n3)[nH]c2c1.Cl. The zero-order chi connectivity index (χ0) is 21.8. The van der Waals surface area contributed by atoms with E-state index in [-0.39, 0.29) is 12.4 Å². The zero-order valence-corrected chi connectivity index (χ0v) is 20.1. The van der Waals surface area contributed by atoms with Crippen LogP contribution in [0, 0.1) is 5.92 Å². The Kier molecular flexibility index (Phi) is 8.13. The van der Waals surface area contributed by atoms with Crippen molar-refractivity contribution in [3.8, 4) is 17.3 Å². The first-order valence-electron chi connectivity index (χ1n) is 10.5. The van der Waals surface area contributed by atoms with Gasteiger partial charge < -0.3 is 15.0 Å². The van der Waals surface area contributed by atoms with Gasteiger partial charge in [0.15, 0.2) is 5.82 Å². The molecule has 2 N–H and O–H groups in total. The number of nitrogens with one attached hydrogen (secondary N) is 2. The number of aromatic nitrogens is 3. The minimum absolute atomic E-state index is 0. The lowest BCUT2D eigenvalue weighted by atomic mass is 10.1. The van der Waals surface area contributed by atoms with Gasteiger partial charge in [-0.2, -0.15) is 0 Å². The Morgan fingerprint density at radius 1 is 1.06 bits per heavy atom. The Bertz CT molecular complexity index is 1190. The second-order valence-electron chi connectivity index (χ2n) is 8.12. The van der Waals surface area contributed by atoms with E-state index in [1.807, 2.05) is 49.5 Å². The fourth-order valence-corrected chi connectivity index (χ4v) is 3.68. The van der Waals surface area contributed by atoms with Gasteiger partial charge in [-0.15, -0.1) is 12.4 Å². The number of hydrogen-bond acceptors (Lipinski definition) is 4. The lowest BCUT2D eigenvalue weighted by Crippen LogP contribution is -2.06. The van der Waals surface area contributed by atoms with Crippen LogP contribution in [0.3, 0.4) is 0 Å². The number of aromatic amines is 1. The van der Waals surface area contributed by atoms with Crippen molar-refractivity contribution in [1.82, 2.24) is 20.3 Å². The maximum absolute atomic E-state index is 6.26. The summed E-state index contributed by atoms with van der Waals surface area (Å²) in [4.78, 5) is 13.0. The second-order valence-corrected chi connectivity index (χ2v) is 8.55. The molecule has 0 aliphatic carbocycles. The predicted molar refractivity (Wildman–Crippen MR) is 134 cm³/mol. The molecule has 0 aliphatic rings. The number of rotatable bonds is 8. The van der Waals surface area contributed by atoms with Crippen LogP contribution < -0.4 is 10.1 Å². The quantitative estimate of drug-likeness (QED) is 0.329. The number of hydrogen-bond donors (Lipinski definition) is 2. The maximum Gasteiger partial charge on any atom is 0.157 e. The van der Waals surface area contributed by atoms with E-state index in [1.165, 1.54) is 5.56 Å². The summed E-state index contributed by atoms with van der Waals surface area (Å²) in [5.74, 6) is 2.07. The highest BCUT2D eigenvalue weighted by Crippen LogP contribution is 2.27. The van der Waals surface area contributed by atoms with Crippen molar-refractivity contribution in [1.29, 1.82) is 0 Å². The molecule has 2 heterocycles. The van der Waals surface area contributed by atoms with Crippen LogP contribution in [0.5, 0.6) is 5.75 Å². The molecular weight excluding hydrogens is 443 g/mol. The second kappa shape index (κ2) is 10.8. The number of fused-ring (bicyclic) bond motifs is 1. The summed E-state index contributed by atoms with van der Waals surface area (Å²) >= 11 is 6.26. The van der Waals surface area contributed by atoms with Gasteiger partial charge >= 0.3 is 0 Å². The number of halogens is 2. The molecule has 0 unspecified atom stereocenters. The van der Waals surface area contributed by atoms with Crippen LogP contribution in [-0.2, 0) is 13.0 Å². The summed E-state index contributed by atoms with van der Waals surface area (Å²) in [5, 5.41) is 3.87. The van der Waals surface area contributed by atoms with E-state index < -0.39 is 0 Å². The van der Waals surface area contributed by atoms with E-state index in [2.05, 4.69) is 36.3 Å². The summed E-state index contributed by atoms with van der Waals surface area (Å²) in [6.45, 7) is 5.75. The van der Waals surface area contributed by atoms with Crippen LogP contribution in [0.2, 0.25) is 5.02 Å². The molecule has 0 aliphatic heterocycles. The van der Waals surface area contributed by atoms with Gasteiger partial charge in [0.1, 0.15) is 11.4 Å². The average Bonchev–Trinajstić information content (AvgIpc) is 3.17. The number of imidazole rings is 1. The van der Waals surface area contributed by atoms with Crippen molar-refractivity contribution in [3.05, 3.63) is 76.4 Å². The molecule has 0 saturated carbocycles. The molecule has 2 aromatic carbocycles. The van der Waals surface area contributed by atoms with E-state index in [0.29, 0.717) is 24.0 Å². The van der Waals surface area contributed by atoms with E-state index >= 15 is 0 Å². The Morgan fingerprint density at radius 2 is 1.91 bits per heavy atom. The number of H-pyrrole nitrogens is 1. The number of nitrogens with zero attached hydrogens (tertiary/aromatic N) is 2. The fourth-order valence-electron chi connectivity index (χ4n) is 3.48. The third-order valence-electron chi connectivity index (χ3n) is 4.94. The van der Waals surface area contributed by atoms with Crippen LogP contribution >= 0.6 is 24.0 Å². The molecule has 4 rings (SSSR count). The Balaban J connectivity index is 0.00000289. The molecule has 5 nitrogen and oxygen atoms in total.